The van der Waals surface area contributed by atoms with Crippen LogP contribution in [0.4, 0.5) is 8.78 Å². The van der Waals surface area contributed by atoms with E-state index in [1.807, 2.05) is 18.2 Å². The summed E-state index contributed by atoms with van der Waals surface area (Å²) in [5.74, 6) is -2.97. The maximum Gasteiger partial charge on any atom is 0.255 e. The minimum atomic E-state index is -1.11. The molecule has 0 bridgehead atoms. The van der Waals surface area contributed by atoms with E-state index >= 15 is 0 Å². The topological polar surface area (TPSA) is 111 Å². The molecule has 0 fully saturated rings. The third-order valence-corrected chi connectivity index (χ3v) is 6.08. The average molecular weight is 526 g/mol. The summed E-state index contributed by atoms with van der Waals surface area (Å²) in [4.78, 5) is 25.3. The van der Waals surface area contributed by atoms with E-state index in [0.29, 0.717) is 13.1 Å². The van der Waals surface area contributed by atoms with Crippen molar-refractivity contribution in [2.75, 3.05) is 13.1 Å². The highest BCUT2D eigenvalue weighted by atomic mass is 19.1. The summed E-state index contributed by atoms with van der Waals surface area (Å²) in [6.07, 6.45) is -0.261. The van der Waals surface area contributed by atoms with Crippen molar-refractivity contribution in [3.63, 3.8) is 0 Å². The number of halogens is 2. The van der Waals surface area contributed by atoms with E-state index in [1.54, 1.807) is 6.92 Å². The van der Waals surface area contributed by atoms with Crippen molar-refractivity contribution in [3.05, 3.63) is 100 Å². The van der Waals surface area contributed by atoms with Crippen molar-refractivity contribution in [1.82, 2.24) is 16.0 Å². The van der Waals surface area contributed by atoms with Crippen LogP contribution in [-0.4, -0.2) is 47.3 Å². The van der Waals surface area contributed by atoms with Gasteiger partial charge in [-0.25, -0.2) is 8.78 Å². The van der Waals surface area contributed by atoms with Crippen molar-refractivity contribution >= 4 is 11.8 Å². The van der Waals surface area contributed by atoms with Gasteiger partial charge in [0.1, 0.15) is 17.4 Å². The number of hydrogen-bond acceptors (Lipinski definition) is 5. The quantitative estimate of drug-likeness (QED) is 0.249. The van der Waals surface area contributed by atoms with Gasteiger partial charge in [0.05, 0.1) is 17.7 Å². The molecule has 38 heavy (non-hydrogen) atoms. The Hall–Kier alpha value is -3.82. The predicted molar refractivity (Wildman–Crippen MR) is 141 cm³/mol. The highest BCUT2D eigenvalue weighted by molar-refractivity contribution is 6.01. The van der Waals surface area contributed by atoms with Gasteiger partial charge in [0.2, 0.25) is 0 Å². The number of hydrogen-bond donors (Lipinski definition) is 5. The van der Waals surface area contributed by atoms with Gasteiger partial charge in [0, 0.05) is 31.3 Å². The number of rotatable bonds is 12. The van der Waals surface area contributed by atoms with Gasteiger partial charge in [-0.2, -0.15) is 0 Å². The molecule has 0 aliphatic rings. The van der Waals surface area contributed by atoms with E-state index in [9.17, 15) is 28.6 Å². The molecule has 2 amide bonds. The maximum absolute atomic E-state index is 13.8. The van der Waals surface area contributed by atoms with Crippen LogP contribution in [0.3, 0.4) is 0 Å². The second kappa shape index (κ2) is 13.6. The number of phenolic OH excluding ortho intramolecular Hbond substituents is 1. The van der Waals surface area contributed by atoms with Crippen molar-refractivity contribution in [2.24, 2.45) is 0 Å². The SMILES string of the molecule is CCNC(=O)c1cc(C(=O)N[C@@H](Cc2cc(F)cc(F)c2)[C@H](O)CNCc2cccc(CC)c2)ccc1O. The van der Waals surface area contributed by atoms with Crippen molar-refractivity contribution in [3.8, 4) is 5.75 Å². The van der Waals surface area contributed by atoms with Gasteiger partial charge in [-0.1, -0.05) is 31.2 Å². The van der Waals surface area contributed by atoms with Gasteiger partial charge in [0.25, 0.3) is 11.8 Å². The zero-order valence-corrected chi connectivity index (χ0v) is 21.4. The fraction of sp³-hybridized carbons (Fsp3) is 0.310. The molecule has 0 aliphatic heterocycles. The van der Waals surface area contributed by atoms with E-state index in [4.69, 9.17) is 0 Å². The minimum Gasteiger partial charge on any atom is -0.507 e. The van der Waals surface area contributed by atoms with Gasteiger partial charge in [-0.3, -0.25) is 9.59 Å². The minimum absolute atomic E-state index is 0.0458. The molecule has 0 spiro atoms. The molecule has 0 radical (unpaired) electrons. The smallest absolute Gasteiger partial charge is 0.255 e. The number of carbonyl (C=O) groups is 2. The summed E-state index contributed by atoms with van der Waals surface area (Å²) in [5, 5.41) is 29.5. The third kappa shape index (κ3) is 8.09. The van der Waals surface area contributed by atoms with Crippen molar-refractivity contribution in [2.45, 2.75) is 45.4 Å². The van der Waals surface area contributed by atoms with Gasteiger partial charge in [-0.15, -0.1) is 0 Å². The number of aliphatic hydroxyl groups excluding tert-OH is 1. The van der Waals surface area contributed by atoms with Crippen LogP contribution in [0.25, 0.3) is 0 Å². The Labute approximate surface area is 220 Å². The Kier molecular flexibility index (Phi) is 10.3. The molecule has 3 aromatic rings. The van der Waals surface area contributed by atoms with E-state index in [2.05, 4.69) is 28.9 Å². The van der Waals surface area contributed by atoms with Crippen molar-refractivity contribution in [1.29, 1.82) is 0 Å². The van der Waals surface area contributed by atoms with Crippen LogP contribution in [-0.2, 0) is 19.4 Å². The van der Waals surface area contributed by atoms with Crippen molar-refractivity contribution < 1.29 is 28.6 Å². The van der Waals surface area contributed by atoms with Crippen LogP contribution in [0.15, 0.2) is 60.7 Å². The summed E-state index contributed by atoms with van der Waals surface area (Å²) < 4.78 is 27.6. The molecule has 9 heteroatoms. The Morgan fingerprint density at radius 3 is 2.29 bits per heavy atom. The van der Waals surface area contributed by atoms with Gasteiger partial charge >= 0.3 is 0 Å². The molecule has 0 saturated carbocycles. The maximum atomic E-state index is 13.8. The summed E-state index contributed by atoms with van der Waals surface area (Å²) in [6.45, 7) is 4.70. The molecule has 0 aromatic heterocycles. The van der Waals surface area contributed by atoms with Crippen LogP contribution in [0.5, 0.6) is 5.75 Å². The Bertz CT molecular complexity index is 1250. The Morgan fingerprint density at radius 2 is 1.61 bits per heavy atom. The van der Waals surface area contributed by atoms with Gasteiger partial charge < -0.3 is 26.2 Å². The molecule has 0 unspecified atom stereocenters. The number of carbonyl (C=O) groups excluding carboxylic acids is 2. The van der Waals surface area contributed by atoms with Crippen LogP contribution >= 0.6 is 0 Å². The van der Waals surface area contributed by atoms with E-state index < -0.39 is 35.6 Å². The second-order valence-corrected chi connectivity index (χ2v) is 9.02. The Morgan fingerprint density at radius 1 is 0.895 bits per heavy atom. The van der Waals surface area contributed by atoms with Crippen LogP contribution in [0.1, 0.15) is 51.3 Å². The number of amides is 2. The zero-order valence-electron chi connectivity index (χ0n) is 21.4. The number of aromatic hydroxyl groups is 1. The van der Waals surface area contributed by atoms with Crippen LogP contribution < -0.4 is 16.0 Å². The number of nitrogens with one attached hydrogen (secondary N) is 3. The molecule has 2 atom stereocenters. The van der Waals surface area contributed by atoms with E-state index in [0.717, 1.165) is 30.2 Å². The lowest BCUT2D eigenvalue weighted by atomic mass is 9.99. The molecular weight excluding hydrogens is 492 g/mol. The largest absolute Gasteiger partial charge is 0.507 e. The fourth-order valence-corrected chi connectivity index (χ4v) is 4.10. The van der Waals surface area contributed by atoms with E-state index in [1.165, 1.54) is 23.8 Å². The fourth-order valence-electron chi connectivity index (χ4n) is 4.10. The Balaban J connectivity index is 1.77. The normalized spacial score (nSPS) is 12.6. The molecule has 3 rings (SSSR count). The lowest BCUT2D eigenvalue weighted by Gasteiger charge is -2.25. The van der Waals surface area contributed by atoms with Gasteiger partial charge in [0.15, 0.2) is 0 Å². The highest BCUT2D eigenvalue weighted by Crippen LogP contribution is 2.19. The molecule has 0 saturated heterocycles. The summed E-state index contributed by atoms with van der Waals surface area (Å²) in [6, 6.07) is 14.0. The number of phenols is 1. The van der Waals surface area contributed by atoms with Gasteiger partial charge in [-0.05, 0) is 66.8 Å². The first-order valence-electron chi connectivity index (χ1n) is 12.5. The standard InChI is InChI=1S/C29H33F2N3O4/c1-3-18-6-5-7-19(10-18)16-32-17-27(36)25(13-20-11-22(30)15-23(31)12-20)34-28(37)21-8-9-26(35)24(14-21)29(38)33-4-2/h5-12,14-15,25,27,32,35-36H,3-4,13,16-17H2,1-2H3,(H,33,38)(H,34,37)/t25-,27+/m0/s1. The van der Waals surface area contributed by atoms with Crippen LogP contribution in [0.2, 0.25) is 0 Å². The highest BCUT2D eigenvalue weighted by Gasteiger charge is 2.24. The summed E-state index contributed by atoms with van der Waals surface area (Å²) in [5.41, 5.74) is 2.49. The van der Waals surface area contributed by atoms with Crippen LogP contribution in [0, 0.1) is 11.6 Å². The molecular formula is C29H33F2N3O4. The first kappa shape index (κ1) is 28.7. The average Bonchev–Trinajstić information content (AvgIpc) is 2.88. The summed E-state index contributed by atoms with van der Waals surface area (Å²) in [7, 11) is 0. The number of benzene rings is 3. The lowest BCUT2D eigenvalue weighted by molar-refractivity contribution is 0.0830. The molecule has 202 valence electrons. The predicted octanol–water partition coefficient (Wildman–Crippen LogP) is 3.47. The monoisotopic (exact) mass is 525 g/mol. The first-order chi connectivity index (χ1) is 18.2. The molecule has 3 aromatic carbocycles. The first-order valence-corrected chi connectivity index (χ1v) is 12.5. The zero-order chi connectivity index (χ0) is 27.7. The second-order valence-electron chi connectivity index (χ2n) is 9.02. The molecule has 0 heterocycles. The molecule has 0 aliphatic carbocycles. The van der Waals surface area contributed by atoms with E-state index in [-0.39, 0.29) is 35.4 Å². The third-order valence-electron chi connectivity index (χ3n) is 6.08. The molecule has 5 N–H and O–H groups in total. The summed E-state index contributed by atoms with van der Waals surface area (Å²) >= 11 is 0. The number of aryl methyl sites for hydroxylation is 1. The molecule has 7 nitrogen and oxygen atoms in total. The lowest BCUT2D eigenvalue weighted by Crippen LogP contribution is -2.48. The number of aliphatic hydroxyl groups is 1.